The molecular formula is C18H16FN5O3S. The summed E-state index contributed by atoms with van der Waals surface area (Å²) in [5.74, 6) is -0.619. The summed E-state index contributed by atoms with van der Waals surface area (Å²) < 4.78 is 37.7. The Morgan fingerprint density at radius 2 is 1.82 bits per heavy atom. The SMILES string of the molecule is CC(=O)Nc1ccc(S(=O)(=O)NN=Cc2cn[nH]c2-c2ccc(F)cc2)cc1. The van der Waals surface area contributed by atoms with Gasteiger partial charge in [-0.3, -0.25) is 9.89 Å². The normalized spacial score (nSPS) is 11.5. The molecule has 0 aliphatic rings. The van der Waals surface area contributed by atoms with E-state index in [1.54, 1.807) is 12.1 Å². The van der Waals surface area contributed by atoms with Gasteiger partial charge < -0.3 is 5.32 Å². The Morgan fingerprint density at radius 3 is 2.46 bits per heavy atom. The third-order valence-electron chi connectivity index (χ3n) is 3.66. The van der Waals surface area contributed by atoms with Crippen LogP contribution in [0.3, 0.4) is 0 Å². The van der Waals surface area contributed by atoms with Crippen LogP contribution in [0.25, 0.3) is 11.3 Å². The first-order valence-electron chi connectivity index (χ1n) is 8.07. The second-order valence-electron chi connectivity index (χ2n) is 5.77. The van der Waals surface area contributed by atoms with Crippen molar-refractivity contribution in [1.82, 2.24) is 15.0 Å². The molecule has 0 spiro atoms. The number of carbonyl (C=O) groups excluding carboxylic acids is 1. The van der Waals surface area contributed by atoms with Crippen LogP contribution < -0.4 is 10.1 Å². The van der Waals surface area contributed by atoms with E-state index in [1.807, 2.05) is 0 Å². The molecule has 10 heteroatoms. The lowest BCUT2D eigenvalue weighted by atomic mass is 10.1. The van der Waals surface area contributed by atoms with Crippen LogP contribution in [0.5, 0.6) is 0 Å². The van der Waals surface area contributed by atoms with Crippen LogP contribution in [0.15, 0.2) is 64.7 Å². The Bertz CT molecular complexity index is 1110. The van der Waals surface area contributed by atoms with Gasteiger partial charge in [-0.25, -0.2) is 9.22 Å². The molecule has 0 aliphatic carbocycles. The summed E-state index contributed by atoms with van der Waals surface area (Å²) in [5.41, 5.74) is 2.26. The van der Waals surface area contributed by atoms with Crippen LogP contribution in [0.4, 0.5) is 10.1 Å². The van der Waals surface area contributed by atoms with Gasteiger partial charge in [0, 0.05) is 23.7 Å². The lowest BCUT2D eigenvalue weighted by Gasteiger charge is -2.05. The molecule has 0 radical (unpaired) electrons. The Kier molecular flexibility index (Phi) is 5.50. The number of anilines is 1. The molecular weight excluding hydrogens is 385 g/mol. The van der Waals surface area contributed by atoms with Gasteiger partial charge in [0.05, 0.1) is 23.0 Å². The standard InChI is InChI=1S/C18H16FN5O3S/c1-12(25)22-16-6-8-17(9-7-16)28(26,27)24-21-11-14-10-20-23-18(14)13-2-4-15(19)5-3-13/h2-11,24H,1H3,(H,20,23)(H,22,25). The van der Waals surface area contributed by atoms with Crippen LogP contribution in [-0.2, 0) is 14.8 Å². The van der Waals surface area contributed by atoms with Crippen molar-refractivity contribution in [3.05, 3.63) is 66.1 Å². The molecule has 3 rings (SSSR count). The van der Waals surface area contributed by atoms with Crippen molar-refractivity contribution in [3.63, 3.8) is 0 Å². The summed E-state index contributed by atoms with van der Waals surface area (Å²) >= 11 is 0. The van der Waals surface area contributed by atoms with E-state index in [2.05, 4.69) is 25.4 Å². The number of hydrazone groups is 1. The quantitative estimate of drug-likeness (QED) is 0.435. The smallest absolute Gasteiger partial charge is 0.276 e. The summed E-state index contributed by atoms with van der Waals surface area (Å²) in [7, 11) is -3.88. The van der Waals surface area contributed by atoms with Gasteiger partial charge in [0.15, 0.2) is 0 Å². The van der Waals surface area contributed by atoms with E-state index < -0.39 is 10.0 Å². The minimum atomic E-state index is -3.88. The van der Waals surface area contributed by atoms with E-state index in [4.69, 9.17) is 0 Å². The first-order valence-corrected chi connectivity index (χ1v) is 9.55. The fourth-order valence-electron chi connectivity index (χ4n) is 2.38. The van der Waals surface area contributed by atoms with Crippen molar-refractivity contribution in [3.8, 4) is 11.3 Å². The first-order chi connectivity index (χ1) is 13.3. The van der Waals surface area contributed by atoms with Crippen LogP contribution in [0, 0.1) is 5.82 Å². The van der Waals surface area contributed by atoms with Gasteiger partial charge in [-0.1, -0.05) is 0 Å². The molecule has 28 heavy (non-hydrogen) atoms. The van der Waals surface area contributed by atoms with Gasteiger partial charge in [-0.15, -0.1) is 0 Å². The van der Waals surface area contributed by atoms with Gasteiger partial charge in [0.1, 0.15) is 5.82 Å². The summed E-state index contributed by atoms with van der Waals surface area (Å²) in [6, 6.07) is 11.4. The molecule has 0 unspecified atom stereocenters. The Hall–Kier alpha value is -3.53. The van der Waals surface area contributed by atoms with Gasteiger partial charge in [0.25, 0.3) is 10.0 Å². The van der Waals surface area contributed by atoms with E-state index >= 15 is 0 Å². The minimum Gasteiger partial charge on any atom is -0.326 e. The van der Waals surface area contributed by atoms with Crippen LogP contribution >= 0.6 is 0 Å². The van der Waals surface area contributed by atoms with E-state index in [0.717, 1.165) is 0 Å². The van der Waals surface area contributed by atoms with Crippen molar-refractivity contribution in [2.45, 2.75) is 11.8 Å². The summed E-state index contributed by atoms with van der Waals surface area (Å²) in [6.45, 7) is 1.36. The zero-order valence-corrected chi connectivity index (χ0v) is 15.5. The number of hydrogen-bond donors (Lipinski definition) is 3. The number of nitrogens with one attached hydrogen (secondary N) is 3. The number of carbonyl (C=O) groups is 1. The average Bonchev–Trinajstić information content (AvgIpc) is 3.11. The van der Waals surface area contributed by atoms with Crippen LogP contribution in [-0.4, -0.2) is 30.7 Å². The molecule has 0 saturated heterocycles. The van der Waals surface area contributed by atoms with Gasteiger partial charge in [0.2, 0.25) is 5.91 Å². The fraction of sp³-hybridized carbons (Fsp3) is 0.0556. The highest BCUT2D eigenvalue weighted by Gasteiger charge is 2.13. The van der Waals surface area contributed by atoms with Gasteiger partial charge in [-0.05, 0) is 48.5 Å². The monoisotopic (exact) mass is 401 g/mol. The van der Waals surface area contributed by atoms with E-state index in [0.29, 0.717) is 22.5 Å². The number of sulfonamides is 1. The number of benzene rings is 2. The molecule has 1 heterocycles. The molecule has 2 aromatic carbocycles. The molecule has 0 bridgehead atoms. The molecule has 0 aliphatic heterocycles. The van der Waals surface area contributed by atoms with Crippen molar-refractivity contribution >= 4 is 27.8 Å². The van der Waals surface area contributed by atoms with E-state index in [1.165, 1.54) is 55.7 Å². The van der Waals surface area contributed by atoms with Gasteiger partial charge in [-0.2, -0.15) is 18.6 Å². The number of aromatic nitrogens is 2. The molecule has 8 nitrogen and oxygen atoms in total. The zero-order chi connectivity index (χ0) is 20.1. The van der Waals surface area contributed by atoms with Crippen molar-refractivity contribution < 1.29 is 17.6 Å². The fourth-order valence-corrected chi connectivity index (χ4v) is 3.17. The molecule has 0 fully saturated rings. The number of rotatable bonds is 6. The first kappa shape index (κ1) is 19.2. The number of amides is 1. The summed E-state index contributed by atoms with van der Waals surface area (Å²) in [5, 5.41) is 13.0. The number of H-pyrrole nitrogens is 1. The Morgan fingerprint density at radius 1 is 1.14 bits per heavy atom. The maximum atomic E-state index is 13.1. The van der Waals surface area contributed by atoms with E-state index in [9.17, 15) is 17.6 Å². The number of nitrogens with zero attached hydrogens (tertiary/aromatic N) is 2. The topological polar surface area (TPSA) is 116 Å². The summed E-state index contributed by atoms with van der Waals surface area (Å²) in [6.07, 6.45) is 2.77. The zero-order valence-electron chi connectivity index (χ0n) is 14.7. The molecule has 0 atom stereocenters. The Labute approximate surface area is 160 Å². The third-order valence-corrected chi connectivity index (χ3v) is 4.90. The maximum Gasteiger partial charge on any atom is 0.276 e. The van der Waals surface area contributed by atoms with Crippen LogP contribution in [0.1, 0.15) is 12.5 Å². The molecule has 144 valence electrons. The lowest BCUT2D eigenvalue weighted by molar-refractivity contribution is -0.114. The van der Waals surface area contributed by atoms with Crippen molar-refractivity contribution in [2.75, 3.05) is 5.32 Å². The predicted octanol–water partition coefficient (Wildman–Crippen LogP) is 2.49. The number of aromatic amines is 1. The second kappa shape index (κ2) is 8.01. The van der Waals surface area contributed by atoms with Gasteiger partial charge >= 0.3 is 0 Å². The highest BCUT2D eigenvalue weighted by Crippen LogP contribution is 2.20. The molecule has 1 amide bonds. The molecule has 1 aromatic heterocycles. The molecule has 3 aromatic rings. The van der Waals surface area contributed by atoms with E-state index in [-0.39, 0.29) is 16.6 Å². The second-order valence-corrected chi connectivity index (χ2v) is 7.43. The highest BCUT2D eigenvalue weighted by molar-refractivity contribution is 7.89. The number of hydrogen-bond acceptors (Lipinski definition) is 5. The van der Waals surface area contributed by atoms with Crippen LogP contribution in [0.2, 0.25) is 0 Å². The third kappa shape index (κ3) is 4.60. The molecule has 0 saturated carbocycles. The van der Waals surface area contributed by atoms with Crippen molar-refractivity contribution in [1.29, 1.82) is 0 Å². The number of halogens is 1. The largest absolute Gasteiger partial charge is 0.326 e. The average molecular weight is 401 g/mol. The maximum absolute atomic E-state index is 13.1. The Balaban J connectivity index is 1.73. The molecule has 3 N–H and O–H groups in total. The minimum absolute atomic E-state index is 0.00953. The lowest BCUT2D eigenvalue weighted by Crippen LogP contribution is -2.18. The highest BCUT2D eigenvalue weighted by atomic mass is 32.2. The summed E-state index contributed by atoms with van der Waals surface area (Å²) in [4.78, 5) is 13.1. The predicted molar refractivity (Wildman–Crippen MR) is 103 cm³/mol. The van der Waals surface area contributed by atoms with Crippen molar-refractivity contribution in [2.24, 2.45) is 5.10 Å².